The summed E-state index contributed by atoms with van der Waals surface area (Å²) in [7, 11) is 1.61. The molecule has 1 atom stereocenters. The van der Waals surface area contributed by atoms with Gasteiger partial charge in [-0.05, 0) is 29.5 Å². The highest BCUT2D eigenvalue weighted by Gasteiger charge is 2.34. The summed E-state index contributed by atoms with van der Waals surface area (Å²) in [5.74, 6) is -0.692. The largest absolute Gasteiger partial charge is 0.431 e. The van der Waals surface area contributed by atoms with Crippen molar-refractivity contribution < 1.29 is 23.5 Å². The molecule has 0 saturated carbocycles. The van der Waals surface area contributed by atoms with Gasteiger partial charge in [0.25, 0.3) is 5.91 Å². The molecule has 1 fully saturated rings. The summed E-state index contributed by atoms with van der Waals surface area (Å²) in [6, 6.07) is 6.65. The van der Waals surface area contributed by atoms with Gasteiger partial charge in [0, 0.05) is 17.3 Å². The van der Waals surface area contributed by atoms with Crippen molar-refractivity contribution in [2.75, 3.05) is 18.5 Å². The molecule has 1 aromatic heterocycles. The second-order valence-corrected chi connectivity index (χ2v) is 6.30. The van der Waals surface area contributed by atoms with Crippen LogP contribution in [0.2, 0.25) is 5.02 Å². The average molecular weight is 382 g/mol. The third-order valence-electron chi connectivity index (χ3n) is 4.02. The van der Waals surface area contributed by atoms with E-state index in [9.17, 15) is 14.4 Å². The number of aryl methyl sites for hydroxylation is 1. The van der Waals surface area contributed by atoms with Gasteiger partial charge in [0.2, 0.25) is 5.91 Å². The second-order valence-electron chi connectivity index (χ2n) is 5.86. The number of hydrogen-bond donors (Lipinski definition) is 2. The molecule has 138 valence electrons. The van der Waals surface area contributed by atoms with Crippen LogP contribution in [0, 0.1) is 0 Å². The summed E-state index contributed by atoms with van der Waals surface area (Å²) in [6.45, 7) is 0.697. The van der Waals surface area contributed by atoms with Crippen LogP contribution in [0.25, 0.3) is 0 Å². The number of aromatic nitrogens is 2. The Balaban J connectivity index is 1.61. The van der Waals surface area contributed by atoms with E-state index in [1.807, 2.05) is 0 Å². The third kappa shape index (κ3) is 4.12. The molecular formula is C16H18ClN4O5+. The number of anilines is 1. The van der Waals surface area contributed by atoms with E-state index in [-0.39, 0.29) is 31.4 Å². The molecular weight excluding hydrogens is 364 g/mol. The SMILES string of the molecule is C[n+]1[nH]oc(=O)c1CN1CCOC(CC(=O)Nc2ccc(Cl)cc2)C1=O. The van der Waals surface area contributed by atoms with E-state index >= 15 is 0 Å². The number of halogens is 1. The highest BCUT2D eigenvalue weighted by molar-refractivity contribution is 6.30. The third-order valence-corrected chi connectivity index (χ3v) is 4.27. The maximum Gasteiger partial charge on any atom is 0.431 e. The zero-order valence-corrected chi connectivity index (χ0v) is 14.8. The van der Waals surface area contributed by atoms with Gasteiger partial charge in [-0.15, -0.1) is 0 Å². The van der Waals surface area contributed by atoms with Crippen molar-refractivity contribution in [2.45, 2.75) is 19.1 Å². The van der Waals surface area contributed by atoms with E-state index < -0.39 is 11.7 Å². The predicted octanol–water partition coefficient (Wildman–Crippen LogP) is 0.202. The number of aromatic amines is 1. The standard InChI is InChI=1S/C16H17ClN4O5/c1-20-12(16(24)26-19-20)9-21-6-7-25-13(15(21)23)8-14(22)18-11-4-2-10(17)3-5-11/h2-5,13H,6-9H2,1H3,(H-,18,19,22,24)/p+1. The molecule has 1 aliphatic rings. The Morgan fingerprint density at radius 2 is 2.12 bits per heavy atom. The normalized spacial score (nSPS) is 17.4. The first-order valence-electron chi connectivity index (χ1n) is 7.96. The number of morpholine rings is 1. The van der Waals surface area contributed by atoms with Crippen LogP contribution in [0.5, 0.6) is 0 Å². The Morgan fingerprint density at radius 1 is 1.38 bits per heavy atom. The number of carbonyl (C=O) groups excluding carboxylic acids is 2. The lowest BCUT2D eigenvalue weighted by Gasteiger charge is -2.30. The number of benzene rings is 1. The van der Waals surface area contributed by atoms with Gasteiger partial charge in [0.05, 0.1) is 13.0 Å². The minimum absolute atomic E-state index is 0.0832. The van der Waals surface area contributed by atoms with E-state index in [1.54, 1.807) is 31.3 Å². The van der Waals surface area contributed by atoms with Crippen molar-refractivity contribution in [1.82, 2.24) is 10.2 Å². The number of ether oxygens (including phenoxy) is 1. The Bertz CT molecular complexity index is 860. The van der Waals surface area contributed by atoms with Crippen LogP contribution >= 0.6 is 11.6 Å². The molecule has 0 radical (unpaired) electrons. The van der Waals surface area contributed by atoms with E-state index in [0.29, 0.717) is 22.9 Å². The molecule has 1 aliphatic heterocycles. The van der Waals surface area contributed by atoms with Crippen molar-refractivity contribution in [1.29, 1.82) is 0 Å². The number of rotatable bonds is 5. The average Bonchev–Trinajstić information content (AvgIpc) is 2.92. The lowest BCUT2D eigenvalue weighted by Crippen LogP contribution is -2.50. The van der Waals surface area contributed by atoms with Crippen LogP contribution in [0.4, 0.5) is 5.69 Å². The van der Waals surface area contributed by atoms with E-state index in [0.717, 1.165) is 0 Å². The van der Waals surface area contributed by atoms with Crippen LogP contribution in [0.15, 0.2) is 33.6 Å². The predicted molar refractivity (Wildman–Crippen MR) is 90.4 cm³/mol. The smallest absolute Gasteiger partial charge is 0.366 e. The first kappa shape index (κ1) is 18.2. The molecule has 3 rings (SSSR count). The van der Waals surface area contributed by atoms with Crippen LogP contribution in [-0.4, -0.2) is 41.2 Å². The highest BCUT2D eigenvalue weighted by atomic mass is 35.5. The minimum atomic E-state index is -0.896. The van der Waals surface area contributed by atoms with Crippen LogP contribution in [0.1, 0.15) is 12.1 Å². The first-order chi connectivity index (χ1) is 12.4. The van der Waals surface area contributed by atoms with E-state index in [1.165, 1.54) is 9.58 Å². The summed E-state index contributed by atoms with van der Waals surface area (Å²) in [4.78, 5) is 37.9. The summed E-state index contributed by atoms with van der Waals surface area (Å²) in [6.07, 6.45) is -1.02. The molecule has 1 saturated heterocycles. The van der Waals surface area contributed by atoms with Crippen molar-refractivity contribution >= 4 is 29.1 Å². The van der Waals surface area contributed by atoms with Crippen LogP contribution < -0.4 is 15.6 Å². The molecule has 10 heteroatoms. The molecule has 2 heterocycles. The Hall–Kier alpha value is -2.65. The fraction of sp³-hybridized carbons (Fsp3) is 0.375. The fourth-order valence-corrected chi connectivity index (χ4v) is 2.75. The van der Waals surface area contributed by atoms with Gasteiger partial charge in [-0.2, -0.15) is 0 Å². The quantitative estimate of drug-likeness (QED) is 0.719. The van der Waals surface area contributed by atoms with Gasteiger partial charge in [-0.25, -0.2) is 4.79 Å². The number of nitrogens with one attached hydrogen (secondary N) is 2. The molecule has 2 N–H and O–H groups in total. The zero-order valence-electron chi connectivity index (χ0n) is 14.0. The number of nitrogens with zero attached hydrogens (tertiary/aromatic N) is 2. The van der Waals surface area contributed by atoms with Gasteiger partial charge >= 0.3 is 11.3 Å². The molecule has 0 aliphatic carbocycles. The molecule has 0 bridgehead atoms. The minimum Gasteiger partial charge on any atom is -0.366 e. The summed E-state index contributed by atoms with van der Waals surface area (Å²) >= 11 is 5.80. The Labute approximate surface area is 153 Å². The zero-order chi connectivity index (χ0) is 18.7. The van der Waals surface area contributed by atoms with Gasteiger partial charge in [0.15, 0.2) is 7.05 Å². The van der Waals surface area contributed by atoms with Gasteiger partial charge in [-0.3, -0.25) is 14.1 Å². The maximum atomic E-state index is 12.6. The van der Waals surface area contributed by atoms with Crippen LogP contribution in [0.3, 0.4) is 0 Å². The van der Waals surface area contributed by atoms with Crippen molar-refractivity contribution in [2.24, 2.45) is 7.05 Å². The molecule has 2 amide bonds. The van der Waals surface area contributed by atoms with Crippen molar-refractivity contribution in [3.63, 3.8) is 0 Å². The lowest BCUT2D eigenvalue weighted by atomic mass is 10.1. The number of amides is 2. The number of H-pyrrole nitrogens is 1. The summed E-state index contributed by atoms with van der Waals surface area (Å²) < 4.78 is 11.5. The van der Waals surface area contributed by atoms with Crippen LogP contribution in [-0.2, 0) is 27.9 Å². The van der Waals surface area contributed by atoms with Gasteiger partial charge in [-0.1, -0.05) is 16.3 Å². The van der Waals surface area contributed by atoms with E-state index in [4.69, 9.17) is 16.3 Å². The number of carbonyl (C=O) groups is 2. The van der Waals surface area contributed by atoms with Gasteiger partial charge in [0.1, 0.15) is 12.6 Å². The molecule has 0 spiro atoms. The molecule has 9 nitrogen and oxygen atoms in total. The lowest BCUT2D eigenvalue weighted by molar-refractivity contribution is -0.746. The topological polar surface area (TPSA) is 109 Å². The highest BCUT2D eigenvalue weighted by Crippen LogP contribution is 2.16. The van der Waals surface area contributed by atoms with E-state index in [2.05, 4.69) is 15.1 Å². The molecule has 1 aromatic carbocycles. The monoisotopic (exact) mass is 381 g/mol. The molecule has 26 heavy (non-hydrogen) atoms. The molecule has 1 unspecified atom stereocenters. The first-order valence-corrected chi connectivity index (χ1v) is 8.34. The van der Waals surface area contributed by atoms with Gasteiger partial charge < -0.3 is 15.0 Å². The second kappa shape index (κ2) is 7.71. The van der Waals surface area contributed by atoms with Crippen molar-refractivity contribution in [3.05, 3.63) is 45.4 Å². The molecule has 2 aromatic rings. The summed E-state index contributed by atoms with van der Waals surface area (Å²) in [5, 5.41) is 5.66. The maximum absolute atomic E-state index is 12.6. The Kier molecular flexibility index (Phi) is 5.38. The summed E-state index contributed by atoms with van der Waals surface area (Å²) in [5.41, 5.74) is 0.352. The van der Waals surface area contributed by atoms with Crippen molar-refractivity contribution in [3.8, 4) is 0 Å². The fourth-order valence-electron chi connectivity index (χ4n) is 2.62. The Morgan fingerprint density at radius 3 is 2.77 bits per heavy atom. The number of hydrogen-bond acceptors (Lipinski definition) is 5.